The minimum absolute atomic E-state index is 0.0109. The summed E-state index contributed by atoms with van der Waals surface area (Å²) in [5.74, 6) is -1.63. The molecule has 2 nitrogen and oxygen atoms in total. The first-order valence-electron chi connectivity index (χ1n) is 3.30. The summed E-state index contributed by atoms with van der Waals surface area (Å²) in [6.07, 6.45) is -4.85. The van der Waals surface area contributed by atoms with Gasteiger partial charge in [0.25, 0.3) is 0 Å². The van der Waals surface area contributed by atoms with Gasteiger partial charge in [-0.3, -0.25) is 0 Å². The topological polar surface area (TPSA) is 35.2 Å². The van der Waals surface area contributed by atoms with E-state index in [0.29, 0.717) is 6.07 Å². The standard InChI is InChI=1S/C7H4BrF4NO/c8-4-1-3(14-7(10,11)12)2-5(9)6(4)13/h1-2H,13H2. The van der Waals surface area contributed by atoms with Crippen LogP contribution in [0.4, 0.5) is 23.2 Å². The number of hydrogen-bond donors (Lipinski definition) is 1. The second kappa shape index (κ2) is 3.64. The van der Waals surface area contributed by atoms with Crippen LogP contribution in [0, 0.1) is 5.82 Å². The Kier molecular flexibility index (Phi) is 2.89. The highest BCUT2D eigenvalue weighted by Gasteiger charge is 2.31. The molecule has 7 heteroatoms. The summed E-state index contributed by atoms with van der Waals surface area (Å²) >= 11 is 2.79. The van der Waals surface area contributed by atoms with Gasteiger partial charge >= 0.3 is 6.36 Å². The Labute approximate surface area is 84.8 Å². The van der Waals surface area contributed by atoms with Crippen molar-refractivity contribution in [2.45, 2.75) is 6.36 Å². The number of halogens is 5. The van der Waals surface area contributed by atoms with Crippen molar-refractivity contribution in [3.8, 4) is 5.75 Å². The Hall–Kier alpha value is -0.980. The van der Waals surface area contributed by atoms with E-state index in [1.165, 1.54) is 0 Å². The maximum atomic E-state index is 12.8. The molecule has 0 saturated carbocycles. The molecule has 0 unspecified atom stereocenters. The maximum Gasteiger partial charge on any atom is 0.573 e. The van der Waals surface area contributed by atoms with E-state index in [1.807, 2.05) is 0 Å². The molecule has 1 aromatic rings. The van der Waals surface area contributed by atoms with Gasteiger partial charge in [0.15, 0.2) is 5.82 Å². The van der Waals surface area contributed by atoms with Gasteiger partial charge in [0.1, 0.15) is 5.75 Å². The van der Waals surface area contributed by atoms with Crippen LogP contribution in [-0.2, 0) is 0 Å². The Bertz CT molecular complexity index is 329. The highest BCUT2D eigenvalue weighted by atomic mass is 79.9. The van der Waals surface area contributed by atoms with E-state index in [1.54, 1.807) is 0 Å². The van der Waals surface area contributed by atoms with Gasteiger partial charge in [0.05, 0.1) is 5.69 Å². The van der Waals surface area contributed by atoms with Crippen molar-refractivity contribution in [2.75, 3.05) is 5.73 Å². The first-order chi connectivity index (χ1) is 6.29. The molecule has 0 saturated heterocycles. The van der Waals surface area contributed by atoms with E-state index in [9.17, 15) is 17.6 Å². The van der Waals surface area contributed by atoms with E-state index in [0.717, 1.165) is 6.07 Å². The predicted molar refractivity (Wildman–Crippen MR) is 45.2 cm³/mol. The van der Waals surface area contributed by atoms with E-state index in [2.05, 4.69) is 20.7 Å². The Balaban J connectivity index is 3.02. The van der Waals surface area contributed by atoms with Crippen LogP contribution in [0.5, 0.6) is 5.75 Å². The molecule has 1 aromatic carbocycles. The van der Waals surface area contributed by atoms with E-state index in [-0.39, 0.29) is 10.2 Å². The number of nitrogens with two attached hydrogens (primary N) is 1. The molecule has 2 N–H and O–H groups in total. The molecule has 0 heterocycles. The van der Waals surface area contributed by atoms with Crippen LogP contribution < -0.4 is 10.5 Å². The predicted octanol–water partition coefficient (Wildman–Crippen LogP) is 3.07. The monoisotopic (exact) mass is 273 g/mol. The summed E-state index contributed by atoms with van der Waals surface area (Å²) in [6, 6.07) is 1.50. The smallest absolute Gasteiger partial charge is 0.406 e. The van der Waals surface area contributed by atoms with Crippen LogP contribution in [0.25, 0.3) is 0 Å². The lowest BCUT2D eigenvalue weighted by molar-refractivity contribution is -0.274. The number of nitrogen functional groups attached to an aromatic ring is 1. The third-order valence-corrected chi connectivity index (χ3v) is 1.94. The van der Waals surface area contributed by atoms with Crippen molar-refractivity contribution < 1.29 is 22.3 Å². The normalized spacial score (nSPS) is 11.5. The first-order valence-corrected chi connectivity index (χ1v) is 4.09. The van der Waals surface area contributed by atoms with Crippen LogP contribution in [0.1, 0.15) is 0 Å². The van der Waals surface area contributed by atoms with Crippen LogP contribution >= 0.6 is 15.9 Å². The zero-order valence-electron chi connectivity index (χ0n) is 6.53. The minimum atomic E-state index is -4.85. The molecule has 1 rings (SSSR count). The number of alkyl halides is 3. The fourth-order valence-electron chi connectivity index (χ4n) is 0.754. The van der Waals surface area contributed by atoms with Gasteiger partial charge in [-0.05, 0) is 22.0 Å². The van der Waals surface area contributed by atoms with Crippen LogP contribution in [-0.4, -0.2) is 6.36 Å². The van der Waals surface area contributed by atoms with Gasteiger partial charge < -0.3 is 10.5 Å². The molecule has 0 spiro atoms. The van der Waals surface area contributed by atoms with Gasteiger partial charge in [-0.2, -0.15) is 0 Å². The fourth-order valence-corrected chi connectivity index (χ4v) is 1.17. The second-order valence-electron chi connectivity index (χ2n) is 2.35. The largest absolute Gasteiger partial charge is 0.573 e. The minimum Gasteiger partial charge on any atom is -0.406 e. The molecule has 0 amide bonds. The van der Waals surface area contributed by atoms with Gasteiger partial charge in [-0.25, -0.2) is 4.39 Å². The highest BCUT2D eigenvalue weighted by Crippen LogP contribution is 2.31. The number of rotatable bonds is 1. The number of hydrogen-bond acceptors (Lipinski definition) is 2. The van der Waals surface area contributed by atoms with Crippen molar-refractivity contribution in [1.82, 2.24) is 0 Å². The summed E-state index contributed by atoms with van der Waals surface area (Å²) in [5.41, 5.74) is 4.89. The summed E-state index contributed by atoms with van der Waals surface area (Å²) in [6.45, 7) is 0. The Morgan fingerprint density at radius 3 is 2.29 bits per heavy atom. The third-order valence-electron chi connectivity index (χ3n) is 1.29. The molecule has 14 heavy (non-hydrogen) atoms. The average molecular weight is 274 g/mol. The Morgan fingerprint density at radius 1 is 1.29 bits per heavy atom. The molecule has 0 aromatic heterocycles. The molecule has 0 bridgehead atoms. The zero-order chi connectivity index (χ0) is 10.9. The highest BCUT2D eigenvalue weighted by molar-refractivity contribution is 9.10. The lowest BCUT2D eigenvalue weighted by atomic mass is 10.3. The lowest BCUT2D eigenvalue weighted by Gasteiger charge is -2.10. The van der Waals surface area contributed by atoms with Crippen LogP contribution in [0.15, 0.2) is 16.6 Å². The van der Waals surface area contributed by atoms with Crippen molar-refractivity contribution in [3.63, 3.8) is 0 Å². The molecule has 0 atom stereocenters. The van der Waals surface area contributed by atoms with Crippen molar-refractivity contribution in [3.05, 3.63) is 22.4 Å². The number of benzene rings is 1. The Morgan fingerprint density at radius 2 is 1.86 bits per heavy atom. The lowest BCUT2D eigenvalue weighted by Crippen LogP contribution is -2.17. The average Bonchev–Trinajstić information content (AvgIpc) is 1.96. The van der Waals surface area contributed by atoms with E-state index in [4.69, 9.17) is 5.73 Å². The first kappa shape index (κ1) is 11.1. The van der Waals surface area contributed by atoms with Gasteiger partial charge in [-0.15, -0.1) is 13.2 Å². The summed E-state index contributed by atoms with van der Waals surface area (Å²) in [4.78, 5) is 0. The van der Waals surface area contributed by atoms with Gasteiger partial charge in [-0.1, -0.05) is 0 Å². The van der Waals surface area contributed by atoms with Gasteiger partial charge in [0, 0.05) is 10.5 Å². The van der Waals surface area contributed by atoms with Crippen LogP contribution in [0.2, 0.25) is 0 Å². The van der Waals surface area contributed by atoms with Crippen molar-refractivity contribution in [1.29, 1.82) is 0 Å². The maximum absolute atomic E-state index is 12.8. The molecule has 78 valence electrons. The molecule has 0 radical (unpaired) electrons. The van der Waals surface area contributed by atoms with Crippen molar-refractivity contribution >= 4 is 21.6 Å². The van der Waals surface area contributed by atoms with E-state index < -0.39 is 17.9 Å². The van der Waals surface area contributed by atoms with Crippen molar-refractivity contribution in [2.24, 2.45) is 0 Å². The molecular weight excluding hydrogens is 270 g/mol. The molecule has 0 aliphatic carbocycles. The van der Waals surface area contributed by atoms with E-state index >= 15 is 0 Å². The quantitative estimate of drug-likeness (QED) is 0.631. The summed E-state index contributed by atoms with van der Waals surface area (Å²) in [7, 11) is 0. The molecular formula is C7H4BrF4NO. The SMILES string of the molecule is Nc1c(F)cc(OC(F)(F)F)cc1Br. The fraction of sp³-hybridized carbons (Fsp3) is 0.143. The second-order valence-corrected chi connectivity index (χ2v) is 3.20. The van der Waals surface area contributed by atoms with Crippen LogP contribution in [0.3, 0.4) is 0 Å². The molecule has 0 fully saturated rings. The zero-order valence-corrected chi connectivity index (χ0v) is 8.12. The van der Waals surface area contributed by atoms with Gasteiger partial charge in [0.2, 0.25) is 0 Å². The summed E-state index contributed by atoms with van der Waals surface area (Å²) in [5, 5.41) is 0. The molecule has 0 aliphatic rings. The summed E-state index contributed by atoms with van der Waals surface area (Å²) < 4.78 is 51.5. The molecule has 0 aliphatic heterocycles. The number of ether oxygens (including phenoxy) is 1. The number of anilines is 1. The third kappa shape index (κ3) is 2.76.